The van der Waals surface area contributed by atoms with Crippen molar-refractivity contribution in [3.05, 3.63) is 76.4 Å². The summed E-state index contributed by atoms with van der Waals surface area (Å²) in [6.45, 7) is 0. The number of hydrogen-bond donors (Lipinski definition) is 1. The molecule has 0 aliphatic carbocycles. The van der Waals surface area contributed by atoms with Crippen LogP contribution < -0.4 is 5.32 Å². The zero-order valence-electron chi connectivity index (χ0n) is 13.0. The standard InChI is InChI=1S/C18H10ClF2N3O2/c19-11-3-1-2-10(6-11)17-8-15(24-26-17)18(25)23-16(9-22)13-5-4-12(20)7-14(13)21/h1-8,16H,(H,23,25). The maximum atomic E-state index is 13.8. The van der Waals surface area contributed by atoms with E-state index < -0.39 is 23.6 Å². The number of carbonyl (C=O) groups excluding carboxylic acids is 1. The van der Waals surface area contributed by atoms with Gasteiger partial charge in [-0.1, -0.05) is 35.0 Å². The van der Waals surface area contributed by atoms with Gasteiger partial charge in [-0.2, -0.15) is 5.26 Å². The molecule has 8 heteroatoms. The predicted molar refractivity (Wildman–Crippen MR) is 89.1 cm³/mol. The molecule has 1 amide bonds. The molecule has 2 aromatic carbocycles. The lowest BCUT2D eigenvalue weighted by Crippen LogP contribution is -2.28. The number of hydrogen-bond acceptors (Lipinski definition) is 4. The number of benzene rings is 2. The molecular weight excluding hydrogens is 364 g/mol. The maximum Gasteiger partial charge on any atom is 0.274 e. The topological polar surface area (TPSA) is 78.9 Å². The number of carbonyl (C=O) groups is 1. The SMILES string of the molecule is N#CC(NC(=O)c1cc(-c2cccc(Cl)c2)on1)c1ccc(F)cc1F. The van der Waals surface area contributed by atoms with E-state index in [1.165, 1.54) is 6.07 Å². The van der Waals surface area contributed by atoms with Crippen LogP contribution in [0.2, 0.25) is 5.02 Å². The Hall–Kier alpha value is -3.24. The second-order valence-corrected chi connectivity index (χ2v) is 5.72. The molecule has 0 aliphatic rings. The predicted octanol–water partition coefficient (Wildman–Crippen LogP) is 4.27. The van der Waals surface area contributed by atoms with E-state index >= 15 is 0 Å². The molecule has 1 unspecified atom stereocenters. The van der Waals surface area contributed by atoms with Gasteiger partial charge in [0.05, 0.1) is 6.07 Å². The molecule has 26 heavy (non-hydrogen) atoms. The number of nitrogens with one attached hydrogen (secondary N) is 1. The Morgan fingerprint density at radius 2 is 2.04 bits per heavy atom. The monoisotopic (exact) mass is 373 g/mol. The lowest BCUT2D eigenvalue weighted by Gasteiger charge is -2.11. The molecule has 0 aliphatic heterocycles. The van der Waals surface area contributed by atoms with Crippen molar-refractivity contribution in [2.24, 2.45) is 0 Å². The molecule has 0 saturated heterocycles. The summed E-state index contributed by atoms with van der Waals surface area (Å²) < 4.78 is 31.9. The first-order valence-electron chi connectivity index (χ1n) is 7.36. The third kappa shape index (κ3) is 3.71. The van der Waals surface area contributed by atoms with Gasteiger partial charge in [0.1, 0.15) is 17.7 Å². The molecule has 1 heterocycles. The molecule has 0 bridgehead atoms. The molecule has 1 aromatic heterocycles. The van der Waals surface area contributed by atoms with Crippen LogP contribution in [-0.4, -0.2) is 11.1 Å². The van der Waals surface area contributed by atoms with Gasteiger partial charge >= 0.3 is 0 Å². The molecule has 0 fully saturated rings. The molecule has 0 radical (unpaired) electrons. The van der Waals surface area contributed by atoms with Gasteiger partial charge in [0.15, 0.2) is 11.5 Å². The van der Waals surface area contributed by atoms with E-state index in [4.69, 9.17) is 16.1 Å². The van der Waals surface area contributed by atoms with Crippen LogP contribution in [0.15, 0.2) is 53.1 Å². The van der Waals surface area contributed by atoms with E-state index in [0.29, 0.717) is 22.4 Å². The fourth-order valence-corrected chi connectivity index (χ4v) is 2.47. The van der Waals surface area contributed by atoms with Crippen molar-refractivity contribution in [2.45, 2.75) is 6.04 Å². The first-order chi connectivity index (χ1) is 12.5. The van der Waals surface area contributed by atoms with Gasteiger partial charge in [-0.15, -0.1) is 0 Å². The summed E-state index contributed by atoms with van der Waals surface area (Å²) in [4.78, 5) is 12.3. The third-order valence-corrected chi connectivity index (χ3v) is 3.77. The van der Waals surface area contributed by atoms with Gasteiger partial charge in [-0.25, -0.2) is 8.78 Å². The molecule has 130 valence electrons. The fourth-order valence-electron chi connectivity index (χ4n) is 2.28. The van der Waals surface area contributed by atoms with E-state index in [9.17, 15) is 18.8 Å². The molecule has 0 spiro atoms. The minimum Gasteiger partial charge on any atom is -0.355 e. The van der Waals surface area contributed by atoms with Crippen LogP contribution in [0.25, 0.3) is 11.3 Å². The Morgan fingerprint density at radius 1 is 1.23 bits per heavy atom. The fraction of sp³-hybridized carbons (Fsp3) is 0.0556. The molecule has 1 atom stereocenters. The third-order valence-electron chi connectivity index (χ3n) is 3.53. The minimum absolute atomic E-state index is 0.0947. The maximum absolute atomic E-state index is 13.8. The Kier molecular flexibility index (Phi) is 4.96. The molecule has 1 N–H and O–H groups in total. The molecule has 3 aromatic rings. The highest BCUT2D eigenvalue weighted by Crippen LogP contribution is 2.24. The van der Waals surface area contributed by atoms with Crippen molar-refractivity contribution >= 4 is 17.5 Å². The van der Waals surface area contributed by atoms with E-state index in [1.807, 2.05) is 0 Å². The number of amides is 1. The van der Waals surface area contributed by atoms with E-state index in [-0.39, 0.29) is 11.3 Å². The van der Waals surface area contributed by atoms with E-state index in [0.717, 1.165) is 12.1 Å². The summed E-state index contributed by atoms with van der Waals surface area (Å²) in [7, 11) is 0. The van der Waals surface area contributed by atoms with Crippen molar-refractivity contribution in [3.8, 4) is 17.4 Å². The van der Waals surface area contributed by atoms with Crippen LogP contribution in [0.4, 0.5) is 8.78 Å². The number of aromatic nitrogens is 1. The number of rotatable bonds is 4. The molecule has 3 rings (SSSR count). The summed E-state index contributed by atoms with van der Waals surface area (Å²) in [6, 6.07) is 11.3. The quantitative estimate of drug-likeness (QED) is 0.740. The Morgan fingerprint density at radius 3 is 2.73 bits per heavy atom. The van der Waals surface area contributed by atoms with Crippen LogP contribution in [0.5, 0.6) is 0 Å². The number of nitrogens with zero attached hydrogens (tertiary/aromatic N) is 2. The summed E-state index contributed by atoms with van der Waals surface area (Å²) in [5.41, 5.74) is 0.369. The van der Waals surface area contributed by atoms with Gasteiger partial charge in [0, 0.05) is 28.3 Å². The van der Waals surface area contributed by atoms with Crippen molar-refractivity contribution in [2.75, 3.05) is 0 Å². The van der Waals surface area contributed by atoms with E-state index in [1.54, 1.807) is 30.3 Å². The zero-order valence-corrected chi connectivity index (χ0v) is 13.8. The van der Waals surface area contributed by atoms with Gasteiger partial charge in [0.2, 0.25) is 0 Å². The largest absolute Gasteiger partial charge is 0.355 e. The Labute approximate surface area is 151 Å². The lowest BCUT2D eigenvalue weighted by atomic mass is 10.1. The summed E-state index contributed by atoms with van der Waals surface area (Å²) in [5, 5.41) is 15.7. The summed E-state index contributed by atoms with van der Waals surface area (Å²) >= 11 is 5.91. The van der Waals surface area contributed by atoms with Crippen molar-refractivity contribution in [1.29, 1.82) is 5.26 Å². The smallest absolute Gasteiger partial charge is 0.274 e. The molecule has 5 nitrogen and oxygen atoms in total. The van der Waals surface area contributed by atoms with Crippen LogP contribution in [0.1, 0.15) is 22.1 Å². The number of halogens is 3. The van der Waals surface area contributed by atoms with Crippen molar-refractivity contribution in [3.63, 3.8) is 0 Å². The summed E-state index contributed by atoms with van der Waals surface area (Å²) in [5.74, 6) is -2.15. The van der Waals surface area contributed by atoms with Crippen LogP contribution in [0.3, 0.4) is 0 Å². The first-order valence-corrected chi connectivity index (χ1v) is 7.74. The first kappa shape index (κ1) is 17.6. The van der Waals surface area contributed by atoms with Crippen molar-refractivity contribution in [1.82, 2.24) is 10.5 Å². The highest BCUT2D eigenvalue weighted by atomic mass is 35.5. The van der Waals surface area contributed by atoms with Gasteiger partial charge in [0.25, 0.3) is 5.91 Å². The minimum atomic E-state index is -1.31. The average Bonchev–Trinajstić information content (AvgIpc) is 3.10. The normalized spacial score (nSPS) is 11.6. The van der Waals surface area contributed by atoms with Crippen molar-refractivity contribution < 1.29 is 18.1 Å². The van der Waals surface area contributed by atoms with Crippen LogP contribution >= 0.6 is 11.6 Å². The Balaban J connectivity index is 1.80. The average molecular weight is 374 g/mol. The van der Waals surface area contributed by atoms with Gasteiger partial charge in [-0.05, 0) is 18.2 Å². The van der Waals surface area contributed by atoms with Crippen LogP contribution in [-0.2, 0) is 0 Å². The highest BCUT2D eigenvalue weighted by Gasteiger charge is 2.21. The Bertz CT molecular complexity index is 1010. The number of nitriles is 1. The zero-order chi connectivity index (χ0) is 18.7. The van der Waals surface area contributed by atoms with Gasteiger partial charge < -0.3 is 9.84 Å². The summed E-state index contributed by atoms with van der Waals surface area (Å²) in [6.07, 6.45) is 0. The lowest BCUT2D eigenvalue weighted by molar-refractivity contribution is 0.0935. The molecular formula is C18H10ClF2N3O2. The highest BCUT2D eigenvalue weighted by molar-refractivity contribution is 6.30. The second-order valence-electron chi connectivity index (χ2n) is 5.29. The second kappa shape index (κ2) is 7.33. The van der Waals surface area contributed by atoms with Gasteiger partial charge in [-0.3, -0.25) is 4.79 Å². The van der Waals surface area contributed by atoms with Crippen LogP contribution in [0, 0.1) is 23.0 Å². The van der Waals surface area contributed by atoms with E-state index in [2.05, 4.69) is 10.5 Å². The molecule has 0 saturated carbocycles.